The fourth-order valence-electron chi connectivity index (χ4n) is 2.97. The van der Waals surface area contributed by atoms with E-state index in [4.69, 9.17) is 9.47 Å². The molecular formula is C17H24O5. The molecule has 1 saturated carbocycles. The molecule has 2 rings (SSSR count). The molecule has 22 heavy (non-hydrogen) atoms. The van der Waals surface area contributed by atoms with Crippen molar-refractivity contribution in [2.24, 2.45) is 17.8 Å². The number of hydrogen-bond acceptors (Lipinski definition) is 5. The van der Waals surface area contributed by atoms with Crippen LogP contribution in [0, 0.1) is 17.8 Å². The summed E-state index contributed by atoms with van der Waals surface area (Å²) in [5.41, 5.74) is 0.908. The minimum atomic E-state index is -0.688. The first kappa shape index (κ1) is 16.8. The minimum absolute atomic E-state index is 0.0835. The summed E-state index contributed by atoms with van der Waals surface area (Å²) in [4.78, 5) is 11.6. The molecule has 0 spiro atoms. The smallest absolute Gasteiger partial charge is 0.434 e. The number of hydrogen-bond donors (Lipinski definition) is 2. The van der Waals surface area contributed by atoms with Gasteiger partial charge in [-0.05, 0) is 42.6 Å². The lowest BCUT2D eigenvalue weighted by atomic mass is 9.75. The highest BCUT2D eigenvalue weighted by atomic mass is 16.7. The minimum Gasteiger partial charge on any atom is -0.434 e. The third kappa shape index (κ3) is 5.00. The number of carbonyl (C=O) groups excluding carboxylic acids is 1. The molecule has 1 fully saturated rings. The van der Waals surface area contributed by atoms with Gasteiger partial charge in [0.2, 0.25) is 0 Å². The van der Waals surface area contributed by atoms with Gasteiger partial charge >= 0.3 is 6.16 Å². The highest BCUT2D eigenvalue weighted by Gasteiger charge is 2.30. The molecule has 0 heterocycles. The van der Waals surface area contributed by atoms with Crippen molar-refractivity contribution in [2.45, 2.75) is 25.9 Å². The molecule has 1 aliphatic carbocycles. The van der Waals surface area contributed by atoms with E-state index in [1.165, 1.54) is 0 Å². The van der Waals surface area contributed by atoms with Gasteiger partial charge in [-0.2, -0.15) is 0 Å². The van der Waals surface area contributed by atoms with E-state index < -0.39 is 6.16 Å². The fourth-order valence-corrected chi connectivity index (χ4v) is 2.97. The van der Waals surface area contributed by atoms with Crippen molar-refractivity contribution in [3.8, 4) is 0 Å². The van der Waals surface area contributed by atoms with Crippen LogP contribution >= 0.6 is 0 Å². The standard InChI is InChI=1S/C17H24O5/c18-9-14-6-7-15(10-19)16(8-14)12-22-17(20)21-11-13-4-2-1-3-5-13/h1-5,14-16,18-19H,6-12H2/t14-,15-,16+/m0/s1. The van der Waals surface area contributed by atoms with Crippen LogP contribution in [0.2, 0.25) is 0 Å². The van der Waals surface area contributed by atoms with Gasteiger partial charge in [-0.3, -0.25) is 0 Å². The first-order valence-corrected chi connectivity index (χ1v) is 7.78. The predicted octanol–water partition coefficient (Wildman–Crippen LogP) is 2.36. The highest BCUT2D eigenvalue weighted by Crippen LogP contribution is 2.33. The zero-order chi connectivity index (χ0) is 15.8. The molecule has 0 amide bonds. The molecule has 5 heteroatoms. The summed E-state index contributed by atoms with van der Waals surface area (Å²) < 4.78 is 10.2. The lowest BCUT2D eigenvalue weighted by molar-refractivity contribution is 0.00472. The summed E-state index contributed by atoms with van der Waals surface area (Å²) >= 11 is 0. The van der Waals surface area contributed by atoms with E-state index in [2.05, 4.69) is 0 Å². The second kappa shape index (κ2) is 8.76. The highest BCUT2D eigenvalue weighted by molar-refractivity contribution is 5.59. The van der Waals surface area contributed by atoms with Crippen molar-refractivity contribution >= 4 is 6.16 Å². The largest absolute Gasteiger partial charge is 0.508 e. The first-order chi connectivity index (χ1) is 10.7. The van der Waals surface area contributed by atoms with Crippen molar-refractivity contribution in [1.82, 2.24) is 0 Å². The van der Waals surface area contributed by atoms with Crippen LogP contribution in [0.25, 0.3) is 0 Å². The molecule has 0 bridgehead atoms. The van der Waals surface area contributed by atoms with E-state index in [-0.39, 0.29) is 44.2 Å². The normalized spacial score (nSPS) is 24.7. The van der Waals surface area contributed by atoms with E-state index in [1.54, 1.807) is 0 Å². The average molecular weight is 308 g/mol. The number of aliphatic hydroxyl groups excluding tert-OH is 2. The molecule has 0 radical (unpaired) electrons. The Morgan fingerprint density at radius 3 is 2.50 bits per heavy atom. The first-order valence-electron chi connectivity index (χ1n) is 7.78. The summed E-state index contributed by atoms with van der Waals surface area (Å²) in [7, 11) is 0. The van der Waals surface area contributed by atoms with Crippen molar-refractivity contribution in [3.63, 3.8) is 0 Å². The zero-order valence-electron chi connectivity index (χ0n) is 12.7. The molecular weight excluding hydrogens is 284 g/mol. The Morgan fingerprint density at radius 1 is 1.05 bits per heavy atom. The van der Waals surface area contributed by atoms with E-state index in [0.717, 1.165) is 24.8 Å². The molecule has 1 aliphatic rings. The van der Waals surface area contributed by atoms with Gasteiger partial charge in [-0.15, -0.1) is 0 Å². The summed E-state index contributed by atoms with van der Waals surface area (Å²) in [5.74, 6) is 0.446. The summed E-state index contributed by atoms with van der Waals surface area (Å²) in [6.07, 6.45) is 1.85. The van der Waals surface area contributed by atoms with Crippen molar-refractivity contribution in [2.75, 3.05) is 19.8 Å². The van der Waals surface area contributed by atoms with Crippen LogP contribution in [0.4, 0.5) is 4.79 Å². The second-order valence-corrected chi connectivity index (χ2v) is 5.90. The van der Waals surface area contributed by atoms with Crippen molar-refractivity contribution < 1.29 is 24.5 Å². The lowest BCUT2D eigenvalue weighted by Gasteiger charge is -2.34. The van der Waals surface area contributed by atoms with Gasteiger partial charge < -0.3 is 19.7 Å². The van der Waals surface area contributed by atoms with Gasteiger partial charge in [-0.1, -0.05) is 30.3 Å². The number of ether oxygens (including phenoxy) is 2. The van der Waals surface area contributed by atoms with E-state index >= 15 is 0 Å². The molecule has 122 valence electrons. The zero-order valence-corrected chi connectivity index (χ0v) is 12.7. The van der Waals surface area contributed by atoms with Gasteiger partial charge in [0.25, 0.3) is 0 Å². The molecule has 2 N–H and O–H groups in total. The van der Waals surface area contributed by atoms with Gasteiger partial charge in [0.15, 0.2) is 0 Å². The Balaban J connectivity index is 1.74. The Kier molecular flexibility index (Phi) is 6.68. The Hall–Kier alpha value is -1.59. The van der Waals surface area contributed by atoms with Crippen LogP contribution in [0.15, 0.2) is 30.3 Å². The molecule has 0 aromatic heterocycles. The Morgan fingerprint density at radius 2 is 1.82 bits per heavy atom. The van der Waals surface area contributed by atoms with E-state index in [1.807, 2.05) is 30.3 Å². The maximum absolute atomic E-state index is 11.6. The SMILES string of the molecule is O=C(OCc1ccccc1)OC[C@H]1C[C@@H](CO)CC[C@H]1CO. The van der Waals surface area contributed by atoms with Crippen LogP contribution in [0.3, 0.4) is 0 Å². The van der Waals surface area contributed by atoms with Crippen LogP contribution in [-0.4, -0.2) is 36.2 Å². The number of carbonyl (C=O) groups is 1. The summed E-state index contributed by atoms with van der Waals surface area (Å²) in [5, 5.41) is 18.7. The third-order valence-corrected chi connectivity index (χ3v) is 4.36. The summed E-state index contributed by atoms with van der Waals surface area (Å²) in [6, 6.07) is 9.42. The topological polar surface area (TPSA) is 76.0 Å². The lowest BCUT2D eigenvalue weighted by Crippen LogP contribution is -2.32. The Bertz CT molecular complexity index is 448. The second-order valence-electron chi connectivity index (χ2n) is 5.90. The monoisotopic (exact) mass is 308 g/mol. The number of benzene rings is 1. The quantitative estimate of drug-likeness (QED) is 0.789. The number of rotatable bonds is 6. The van der Waals surface area contributed by atoms with Gasteiger partial charge in [-0.25, -0.2) is 4.79 Å². The molecule has 1 aromatic carbocycles. The number of aliphatic hydroxyl groups is 2. The fraction of sp³-hybridized carbons (Fsp3) is 0.588. The van der Waals surface area contributed by atoms with Gasteiger partial charge in [0.1, 0.15) is 6.61 Å². The molecule has 0 unspecified atom stereocenters. The van der Waals surface area contributed by atoms with Crippen LogP contribution < -0.4 is 0 Å². The molecule has 3 atom stereocenters. The van der Waals surface area contributed by atoms with Crippen LogP contribution in [0.5, 0.6) is 0 Å². The predicted molar refractivity (Wildman–Crippen MR) is 81.1 cm³/mol. The molecule has 0 aliphatic heterocycles. The maximum atomic E-state index is 11.6. The van der Waals surface area contributed by atoms with E-state index in [0.29, 0.717) is 0 Å². The van der Waals surface area contributed by atoms with Gasteiger partial charge in [0.05, 0.1) is 6.61 Å². The Labute approximate surface area is 130 Å². The molecule has 1 aromatic rings. The van der Waals surface area contributed by atoms with Gasteiger partial charge in [0, 0.05) is 13.2 Å². The molecule has 0 saturated heterocycles. The average Bonchev–Trinajstić information content (AvgIpc) is 2.58. The van der Waals surface area contributed by atoms with E-state index in [9.17, 15) is 15.0 Å². The third-order valence-electron chi connectivity index (χ3n) is 4.36. The van der Waals surface area contributed by atoms with Crippen molar-refractivity contribution in [1.29, 1.82) is 0 Å². The molecule has 5 nitrogen and oxygen atoms in total. The van der Waals surface area contributed by atoms with Crippen molar-refractivity contribution in [3.05, 3.63) is 35.9 Å². The van der Waals surface area contributed by atoms with Crippen LogP contribution in [0.1, 0.15) is 24.8 Å². The summed E-state index contributed by atoms with van der Waals surface area (Å²) in [6.45, 7) is 0.653. The van der Waals surface area contributed by atoms with Crippen LogP contribution in [-0.2, 0) is 16.1 Å². The maximum Gasteiger partial charge on any atom is 0.508 e.